The van der Waals surface area contributed by atoms with Crippen LogP contribution in [0.4, 0.5) is 18.9 Å². The van der Waals surface area contributed by atoms with E-state index in [2.05, 4.69) is 5.32 Å². The molecule has 0 unspecified atom stereocenters. The van der Waals surface area contributed by atoms with Crippen LogP contribution >= 0.6 is 0 Å². The van der Waals surface area contributed by atoms with Gasteiger partial charge in [-0.05, 0) is 48.7 Å². The van der Waals surface area contributed by atoms with Crippen LogP contribution in [-0.2, 0) is 17.4 Å². The summed E-state index contributed by atoms with van der Waals surface area (Å²) in [6.45, 7) is 1.91. The molecule has 0 atom stereocenters. The number of anilines is 1. The average molecular weight is 337 g/mol. The summed E-state index contributed by atoms with van der Waals surface area (Å²) in [7, 11) is 1.59. The minimum atomic E-state index is -4.43. The normalized spacial score (nSPS) is 11.2. The lowest BCUT2D eigenvalue weighted by molar-refractivity contribution is -0.137. The third-order valence-electron chi connectivity index (χ3n) is 3.57. The molecule has 0 aromatic heterocycles. The number of methoxy groups -OCH3 is 1. The van der Waals surface area contributed by atoms with Gasteiger partial charge in [-0.15, -0.1) is 0 Å². The number of benzene rings is 2. The van der Waals surface area contributed by atoms with E-state index in [1.165, 1.54) is 12.1 Å². The molecule has 2 rings (SSSR count). The molecule has 6 heteroatoms. The second kappa shape index (κ2) is 7.38. The quantitative estimate of drug-likeness (QED) is 0.866. The van der Waals surface area contributed by atoms with Gasteiger partial charge in [0.15, 0.2) is 0 Å². The summed E-state index contributed by atoms with van der Waals surface area (Å²) in [5.41, 5.74) is 1.28. The van der Waals surface area contributed by atoms with Crippen LogP contribution in [0.2, 0.25) is 0 Å². The molecule has 2 aromatic rings. The van der Waals surface area contributed by atoms with Crippen molar-refractivity contribution in [3.05, 3.63) is 59.2 Å². The van der Waals surface area contributed by atoms with E-state index in [1.54, 1.807) is 7.11 Å². The average Bonchev–Trinajstić information content (AvgIpc) is 2.52. The summed E-state index contributed by atoms with van der Waals surface area (Å²) in [5.74, 6) is 0.440. The number of hydrogen-bond donors (Lipinski definition) is 1. The molecular weight excluding hydrogens is 319 g/mol. The Bertz CT molecular complexity index is 726. The maximum absolute atomic E-state index is 12.7. The Labute approximate surface area is 138 Å². The van der Waals surface area contributed by atoms with Crippen LogP contribution in [0.3, 0.4) is 0 Å². The molecule has 2 aromatic carbocycles. The van der Waals surface area contributed by atoms with Crippen LogP contribution in [0, 0.1) is 6.92 Å². The minimum absolute atomic E-state index is 0.140. The molecule has 1 amide bonds. The Morgan fingerprint density at radius 2 is 1.92 bits per heavy atom. The second-order valence-corrected chi connectivity index (χ2v) is 5.43. The highest BCUT2D eigenvalue weighted by molar-refractivity contribution is 5.90. The van der Waals surface area contributed by atoms with Crippen molar-refractivity contribution in [3.63, 3.8) is 0 Å². The summed E-state index contributed by atoms with van der Waals surface area (Å²) in [4.78, 5) is 11.9. The van der Waals surface area contributed by atoms with Crippen molar-refractivity contribution in [1.29, 1.82) is 0 Å². The van der Waals surface area contributed by atoms with E-state index >= 15 is 0 Å². The maximum atomic E-state index is 12.7. The van der Waals surface area contributed by atoms with Gasteiger partial charge in [0.05, 0.1) is 12.7 Å². The first-order chi connectivity index (χ1) is 11.3. The van der Waals surface area contributed by atoms with Gasteiger partial charge in [0, 0.05) is 12.1 Å². The van der Waals surface area contributed by atoms with Gasteiger partial charge in [-0.3, -0.25) is 4.79 Å². The molecule has 0 bridgehead atoms. The summed E-state index contributed by atoms with van der Waals surface area (Å²) < 4.78 is 43.1. The number of alkyl halides is 3. The zero-order valence-corrected chi connectivity index (χ0v) is 13.4. The predicted molar refractivity (Wildman–Crippen MR) is 86.1 cm³/mol. The Balaban J connectivity index is 1.95. The van der Waals surface area contributed by atoms with Gasteiger partial charge in [-0.25, -0.2) is 0 Å². The van der Waals surface area contributed by atoms with E-state index in [0.717, 1.165) is 29.0 Å². The first-order valence-electron chi connectivity index (χ1n) is 7.40. The minimum Gasteiger partial charge on any atom is -0.496 e. The number of amides is 1. The third-order valence-corrected chi connectivity index (χ3v) is 3.57. The van der Waals surface area contributed by atoms with Crippen LogP contribution < -0.4 is 10.1 Å². The lowest BCUT2D eigenvalue weighted by atomic mass is 10.1. The van der Waals surface area contributed by atoms with E-state index < -0.39 is 11.7 Å². The molecule has 0 heterocycles. The number of ether oxygens (including phenoxy) is 1. The number of rotatable bonds is 5. The summed E-state index contributed by atoms with van der Waals surface area (Å²) >= 11 is 0. The fourth-order valence-electron chi connectivity index (χ4n) is 2.35. The first kappa shape index (κ1) is 17.8. The molecule has 1 N–H and O–H groups in total. The van der Waals surface area contributed by atoms with Gasteiger partial charge >= 0.3 is 6.18 Å². The zero-order chi connectivity index (χ0) is 17.7. The number of aryl methyl sites for hydroxylation is 2. The zero-order valence-electron chi connectivity index (χ0n) is 13.4. The molecule has 0 aliphatic heterocycles. The van der Waals surface area contributed by atoms with Crippen molar-refractivity contribution in [3.8, 4) is 5.75 Å². The number of hydrogen-bond acceptors (Lipinski definition) is 2. The highest BCUT2D eigenvalue weighted by Crippen LogP contribution is 2.30. The van der Waals surface area contributed by atoms with Crippen molar-refractivity contribution in [2.24, 2.45) is 0 Å². The van der Waals surface area contributed by atoms with Gasteiger partial charge in [0.25, 0.3) is 0 Å². The molecule has 128 valence electrons. The summed E-state index contributed by atoms with van der Waals surface area (Å²) in [6, 6.07) is 10.2. The van der Waals surface area contributed by atoms with Crippen molar-refractivity contribution in [1.82, 2.24) is 0 Å². The Kier molecular flexibility index (Phi) is 5.49. The standard InChI is InChI=1S/C18H18F3NO2/c1-12-10-13(6-8-16(12)24-2)7-9-17(23)22-15-5-3-4-14(11-15)18(19,20)21/h3-6,8,10-11H,7,9H2,1-2H3,(H,22,23). The van der Waals surface area contributed by atoms with Crippen LogP contribution in [0.25, 0.3) is 0 Å². The molecule has 3 nitrogen and oxygen atoms in total. The van der Waals surface area contributed by atoms with E-state index in [9.17, 15) is 18.0 Å². The molecule has 0 aliphatic rings. The van der Waals surface area contributed by atoms with Gasteiger partial charge in [0.1, 0.15) is 5.75 Å². The number of carbonyl (C=O) groups is 1. The fourth-order valence-corrected chi connectivity index (χ4v) is 2.35. The number of nitrogens with one attached hydrogen (secondary N) is 1. The van der Waals surface area contributed by atoms with E-state index in [0.29, 0.717) is 6.42 Å². The first-order valence-corrected chi connectivity index (χ1v) is 7.40. The van der Waals surface area contributed by atoms with Crippen molar-refractivity contribution in [2.75, 3.05) is 12.4 Å². The third kappa shape index (κ3) is 4.75. The largest absolute Gasteiger partial charge is 0.496 e. The van der Waals surface area contributed by atoms with Crippen LogP contribution in [0.5, 0.6) is 5.75 Å². The van der Waals surface area contributed by atoms with Crippen molar-refractivity contribution < 1.29 is 22.7 Å². The SMILES string of the molecule is COc1ccc(CCC(=O)Nc2cccc(C(F)(F)F)c2)cc1C. The molecule has 24 heavy (non-hydrogen) atoms. The lowest BCUT2D eigenvalue weighted by Gasteiger charge is -2.10. The van der Waals surface area contributed by atoms with Crippen LogP contribution in [-0.4, -0.2) is 13.0 Å². The summed E-state index contributed by atoms with van der Waals surface area (Å²) in [5, 5.41) is 2.50. The second-order valence-electron chi connectivity index (χ2n) is 5.43. The Morgan fingerprint density at radius 3 is 2.54 bits per heavy atom. The van der Waals surface area contributed by atoms with Crippen LogP contribution in [0.1, 0.15) is 23.1 Å². The molecule has 0 radical (unpaired) electrons. The molecule has 0 spiro atoms. The van der Waals surface area contributed by atoms with Gasteiger partial charge in [0.2, 0.25) is 5.91 Å². The Hall–Kier alpha value is -2.50. The number of carbonyl (C=O) groups excluding carboxylic acids is 1. The molecule has 0 aliphatic carbocycles. The molecule has 0 saturated carbocycles. The van der Waals surface area contributed by atoms with E-state index in [4.69, 9.17) is 4.74 Å². The lowest BCUT2D eigenvalue weighted by Crippen LogP contribution is -2.13. The smallest absolute Gasteiger partial charge is 0.416 e. The van der Waals surface area contributed by atoms with E-state index in [-0.39, 0.29) is 18.0 Å². The number of halogens is 3. The highest BCUT2D eigenvalue weighted by Gasteiger charge is 2.30. The molecule has 0 saturated heterocycles. The molecule has 0 fully saturated rings. The molecular formula is C18H18F3NO2. The van der Waals surface area contributed by atoms with Gasteiger partial charge in [-0.1, -0.05) is 18.2 Å². The Morgan fingerprint density at radius 1 is 1.17 bits per heavy atom. The van der Waals surface area contributed by atoms with E-state index in [1.807, 2.05) is 25.1 Å². The summed E-state index contributed by atoms with van der Waals surface area (Å²) in [6.07, 6.45) is -3.75. The maximum Gasteiger partial charge on any atom is 0.416 e. The van der Waals surface area contributed by atoms with Crippen LogP contribution in [0.15, 0.2) is 42.5 Å². The predicted octanol–water partition coefficient (Wildman–Crippen LogP) is 4.59. The van der Waals surface area contributed by atoms with Crippen molar-refractivity contribution in [2.45, 2.75) is 25.9 Å². The van der Waals surface area contributed by atoms with Gasteiger partial charge < -0.3 is 10.1 Å². The topological polar surface area (TPSA) is 38.3 Å². The monoisotopic (exact) mass is 337 g/mol. The highest BCUT2D eigenvalue weighted by atomic mass is 19.4. The fraction of sp³-hybridized carbons (Fsp3) is 0.278. The van der Waals surface area contributed by atoms with Gasteiger partial charge in [-0.2, -0.15) is 13.2 Å². The van der Waals surface area contributed by atoms with Crippen molar-refractivity contribution >= 4 is 11.6 Å².